The predicted molar refractivity (Wildman–Crippen MR) is 113 cm³/mol. The Kier molecular flexibility index (Phi) is 7.07. The lowest BCUT2D eigenvalue weighted by Gasteiger charge is -2.31. The highest BCUT2D eigenvalue weighted by molar-refractivity contribution is 7.89. The van der Waals surface area contributed by atoms with Gasteiger partial charge in [0.25, 0.3) is 0 Å². The number of nitrogens with zero attached hydrogens (tertiary/aromatic N) is 1. The van der Waals surface area contributed by atoms with Gasteiger partial charge in [-0.25, -0.2) is 17.9 Å². The second kappa shape index (κ2) is 9.73. The zero-order valence-corrected chi connectivity index (χ0v) is 17.5. The van der Waals surface area contributed by atoms with E-state index in [1.54, 1.807) is 41.3 Å². The van der Waals surface area contributed by atoms with E-state index in [0.29, 0.717) is 43.9 Å². The van der Waals surface area contributed by atoms with Crippen LogP contribution in [0.4, 0.5) is 10.5 Å². The van der Waals surface area contributed by atoms with E-state index in [-0.39, 0.29) is 22.8 Å². The molecule has 30 heavy (non-hydrogen) atoms. The Bertz CT molecular complexity index is 969. The van der Waals surface area contributed by atoms with Gasteiger partial charge < -0.3 is 15.0 Å². The van der Waals surface area contributed by atoms with Crippen molar-refractivity contribution in [3.8, 4) is 5.75 Å². The molecular formula is C21H25N3O5S. The molecule has 1 heterocycles. The van der Waals surface area contributed by atoms with Crippen LogP contribution < -0.4 is 14.8 Å². The Hall–Kier alpha value is -2.91. The summed E-state index contributed by atoms with van der Waals surface area (Å²) in [7, 11) is -3.64. The standard InChI is InChI=1S/C21H25N3O5S/c1-16(25)23-18-7-9-20(10-8-18)30(27,28)22-15-17-11-13-24(14-12-17)21(26)29-19-5-3-2-4-6-19/h2-10,17,22H,11-15H2,1H3,(H,23,25). The second-order valence-electron chi connectivity index (χ2n) is 7.17. The summed E-state index contributed by atoms with van der Waals surface area (Å²) in [6, 6.07) is 14.9. The van der Waals surface area contributed by atoms with Crippen molar-refractivity contribution in [2.75, 3.05) is 25.0 Å². The maximum Gasteiger partial charge on any atom is 0.415 e. The van der Waals surface area contributed by atoms with E-state index in [9.17, 15) is 18.0 Å². The summed E-state index contributed by atoms with van der Waals surface area (Å²) in [6.07, 6.45) is 0.987. The topological polar surface area (TPSA) is 105 Å². The van der Waals surface area contributed by atoms with Gasteiger partial charge in [-0.3, -0.25) is 4.79 Å². The van der Waals surface area contributed by atoms with E-state index < -0.39 is 10.0 Å². The predicted octanol–water partition coefficient (Wildman–Crippen LogP) is 2.83. The molecule has 0 aromatic heterocycles. The van der Waals surface area contributed by atoms with Crippen molar-refractivity contribution >= 4 is 27.7 Å². The van der Waals surface area contributed by atoms with E-state index in [2.05, 4.69) is 10.0 Å². The van der Waals surface area contributed by atoms with Crippen molar-refractivity contribution in [3.05, 3.63) is 54.6 Å². The molecule has 0 atom stereocenters. The number of rotatable bonds is 6. The zero-order chi connectivity index (χ0) is 21.6. The Labute approximate surface area is 176 Å². The summed E-state index contributed by atoms with van der Waals surface area (Å²) in [5.74, 6) is 0.420. The van der Waals surface area contributed by atoms with Gasteiger partial charge in [0.05, 0.1) is 4.90 Å². The van der Waals surface area contributed by atoms with Crippen molar-refractivity contribution in [1.29, 1.82) is 0 Å². The number of sulfonamides is 1. The number of benzene rings is 2. The quantitative estimate of drug-likeness (QED) is 0.732. The van der Waals surface area contributed by atoms with Crippen molar-refractivity contribution in [3.63, 3.8) is 0 Å². The number of nitrogens with one attached hydrogen (secondary N) is 2. The minimum atomic E-state index is -3.64. The Balaban J connectivity index is 1.46. The number of ether oxygens (including phenoxy) is 1. The second-order valence-corrected chi connectivity index (χ2v) is 8.94. The van der Waals surface area contributed by atoms with Gasteiger partial charge in [0.1, 0.15) is 5.75 Å². The first-order valence-electron chi connectivity index (χ1n) is 9.72. The molecule has 9 heteroatoms. The van der Waals surface area contributed by atoms with Crippen molar-refractivity contribution in [2.45, 2.75) is 24.7 Å². The van der Waals surface area contributed by atoms with E-state index >= 15 is 0 Å². The monoisotopic (exact) mass is 431 g/mol. The lowest BCUT2D eigenvalue weighted by atomic mass is 9.97. The highest BCUT2D eigenvalue weighted by Crippen LogP contribution is 2.20. The Morgan fingerprint density at radius 3 is 2.27 bits per heavy atom. The normalized spacial score (nSPS) is 14.9. The van der Waals surface area contributed by atoms with Crippen LogP contribution in [0.3, 0.4) is 0 Å². The molecule has 8 nitrogen and oxygen atoms in total. The molecule has 0 radical (unpaired) electrons. The van der Waals surface area contributed by atoms with Gasteiger partial charge in [-0.2, -0.15) is 0 Å². The first-order valence-corrected chi connectivity index (χ1v) is 11.2. The lowest BCUT2D eigenvalue weighted by Crippen LogP contribution is -2.42. The van der Waals surface area contributed by atoms with Gasteiger partial charge in [-0.15, -0.1) is 0 Å². The average Bonchev–Trinajstić information content (AvgIpc) is 2.73. The van der Waals surface area contributed by atoms with Crippen LogP contribution in [0.1, 0.15) is 19.8 Å². The van der Waals surface area contributed by atoms with Gasteiger partial charge in [0, 0.05) is 32.2 Å². The first-order chi connectivity index (χ1) is 14.3. The van der Waals surface area contributed by atoms with E-state index in [4.69, 9.17) is 4.74 Å². The fraction of sp³-hybridized carbons (Fsp3) is 0.333. The SMILES string of the molecule is CC(=O)Nc1ccc(S(=O)(=O)NCC2CCN(C(=O)Oc3ccccc3)CC2)cc1. The Morgan fingerprint density at radius 1 is 1.03 bits per heavy atom. The molecule has 1 fully saturated rings. The maximum absolute atomic E-state index is 12.5. The van der Waals surface area contributed by atoms with Crippen LogP contribution >= 0.6 is 0 Å². The molecule has 2 aromatic rings. The summed E-state index contributed by atoms with van der Waals surface area (Å²) in [6.45, 7) is 2.73. The summed E-state index contributed by atoms with van der Waals surface area (Å²) < 4.78 is 33.0. The molecule has 0 bridgehead atoms. The molecule has 1 aliphatic heterocycles. The van der Waals surface area contributed by atoms with E-state index in [1.165, 1.54) is 19.1 Å². The van der Waals surface area contributed by atoms with Crippen LogP contribution in [0.25, 0.3) is 0 Å². The Morgan fingerprint density at radius 2 is 1.67 bits per heavy atom. The maximum atomic E-state index is 12.5. The molecule has 0 spiro atoms. The van der Waals surface area contributed by atoms with Crippen molar-refractivity contribution in [1.82, 2.24) is 9.62 Å². The summed E-state index contributed by atoms with van der Waals surface area (Å²) in [4.78, 5) is 25.1. The molecule has 0 saturated carbocycles. The molecule has 0 aliphatic carbocycles. The van der Waals surface area contributed by atoms with Crippen LogP contribution in [-0.4, -0.2) is 45.0 Å². The third kappa shape index (κ3) is 6.04. The first kappa shape index (κ1) is 21.8. The number of hydrogen-bond acceptors (Lipinski definition) is 5. The minimum Gasteiger partial charge on any atom is -0.410 e. The third-order valence-corrected chi connectivity index (χ3v) is 6.31. The smallest absolute Gasteiger partial charge is 0.410 e. The summed E-state index contributed by atoms with van der Waals surface area (Å²) >= 11 is 0. The van der Waals surface area contributed by atoms with Crippen molar-refractivity contribution < 1.29 is 22.7 Å². The van der Waals surface area contributed by atoms with Gasteiger partial charge in [0.2, 0.25) is 15.9 Å². The number of piperidine rings is 1. The third-order valence-electron chi connectivity index (χ3n) is 4.87. The number of para-hydroxylation sites is 1. The summed E-state index contributed by atoms with van der Waals surface area (Å²) in [5, 5.41) is 2.60. The fourth-order valence-electron chi connectivity index (χ4n) is 3.21. The van der Waals surface area contributed by atoms with Gasteiger partial charge >= 0.3 is 6.09 Å². The van der Waals surface area contributed by atoms with Gasteiger partial charge in [0.15, 0.2) is 0 Å². The molecule has 0 unspecified atom stereocenters. The summed E-state index contributed by atoms with van der Waals surface area (Å²) in [5.41, 5.74) is 0.538. The molecule has 2 N–H and O–H groups in total. The number of amides is 2. The largest absolute Gasteiger partial charge is 0.415 e. The van der Waals surface area contributed by atoms with Crippen LogP contribution in [0.15, 0.2) is 59.5 Å². The minimum absolute atomic E-state index is 0.138. The molecule has 2 aromatic carbocycles. The van der Waals surface area contributed by atoms with Crippen LogP contribution in [-0.2, 0) is 14.8 Å². The number of carbonyl (C=O) groups is 2. The molecule has 160 valence electrons. The van der Waals surface area contributed by atoms with E-state index in [0.717, 1.165) is 0 Å². The number of likely N-dealkylation sites (tertiary alicyclic amines) is 1. The molecule has 1 saturated heterocycles. The van der Waals surface area contributed by atoms with Crippen LogP contribution in [0, 0.1) is 5.92 Å². The van der Waals surface area contributed by atoms with E-state index in [1.807, 2.05) is 6.07 Å². The van der Waals surface area contributed by atoms with Crippen molar-refractivity contribution in [2.24, 2.45) is 5.92 Å². The zero-order valence-electron chi connectivity index (χ0n) is 16.7. The van der Waals surface area contributed by atoms with Gasteiger partial charge in [-0.05, 0) is 55.2 Å². The van der Waals surface area contributed by atoms with Gasteiger partial charge in [-0.1, -0.05) is 18.2 Å². The van der Waals surface area contributed by atoms with Crippen LogP contribution in [0.5, 0.6) is 5.75 Å². The number of hydrogen-bond donors (Lipinski definition) is 2. The number of anilines is 1. The number of carbonyl (C=O) groups excluding carboxylic acids is 2. The van der Waals surface area contributed by atoms with Crippen LogP contribution in [0.2, 0.25) is 0 Å². The molecule has 2 amide bonds. The highest BCUT2D eigenvalue weighted by atomic mass is 32.2. The molecule has 3 rings (SSSR count). The lowest BCUT2D eigenvalue weighted by molar-refractivity contribution is -0.114. The molecular weight excluding hydrogens is 406 g/mol. The highest BCUT2D eigenvalue weighted by Gasteiger charge is 2.25. The molecule has 1 aliphatic rings. The fourth-order valence-corrected chi connectivity index (χ4v) is 4.32. The average molecular weight is 432 g/mol.